The Morgan fingerprint density at radius 3 is 2.69 bits per heavy atom. The number of rotatable bonds is 5. The van der Waals surface area contributed by atoms with E-state index in [-0.39, 0.29) is 11.7 Å². The van der Waals surface area contributed by atoms with E-state index in [2.05, 4.69) is 10.1 Å². The van der Waals surface area contributed by atoms with Gasteiger partial charge in [-0.3, -0.25) is 9.69 Å². The van der Waals surface area contributed by atoms with Gasteiger partial charge in [0.25, 0.3) is 0 Å². The summed E-state index contributed by atoms with van der Waals surface area (Å²) in [4.78, 5) is 21.0. The molecule has 2 aromatic rings. The van der Waals surface area contributed by atoms with Gasteiger partial charge in [0.15, 0.2) is 5.82 Å². The normalized spacial score (nSPS) is 16.9. The summed E-state index contributed by atoms with van der Waals surface area (Å²) in [7, 11) is 3.69. The van der Waals surface area contributed by atoms with Crippen molar-refractivity contribution in [2.24, 2.45) is 5.92 Å². The van der Waals surface area contributed by atoms with Crippen LogP contribution in [0.15, 0.2) is 28.8 Å². The Balaban J connectivity index is 1.62. The summed E-state index contributed by atoms with van der Waals surface area (Å²) in [6.45, 7) is 3.19. The molecule has 6 nitrogen and oxygen atoms in total. The molecular weight excluding hydrogens is 335 g/mol. The van der Waals surface area contributed by atoms with Crippen LogP contribution in [-0.2, 0) is 11.2 Å². The fourth-order valence-corrected chi connectivity index (χ4v) is 3.54. The number of aromatic nitrogens is 2. The number of carbonyl (C=O) groups excluding carboxylic acids is 1. The van der Waals surface area contributed by atoms with Crippen LogP contribution in [0, 0.1) is 18.7 Å². The van der Waals surface area contributed by atoms with Crippen LogP contribution >= 0.6 is 0 Å². The highest BCUT2D eigenvalue weighted by atomic mass is 19.1. The van der Waals surface area contributed by atoms with Crippen molar-refractivity contribution in [2.45, 2.75) is 32.2 Å². The number of piperidine rings is 1. The first-order valence-electron chi connectivity index (χ1n) is 8.94. The predicted molar refractivity (Wildman–Crippen MR) is 94.9 cm³/mol. The van der Waals surface area contributed by atoms with Crippen molar-refractivity contribution in [3.8, 4) is 0 Å². The van der Waals surface area contributed by atoms with E-state index >= 15 is 0 Å². The molecule has 0 aliphatic carbocycles. The molecule has 1 aliphatic rings. The lowest BCUT2D eigenvalue weighted by atomic mass is 9.92. The number of nitrogens with zero attached hydrogens (tertiary/aromatic N) is 4. The fourth-order valence-electron chi connectivity index (χ4n) is 3.54. The Morgan fingerprint density at radius 2 is 2.12 bits per heavy atom. The molecule has 0 N–H and O–H groups in total. The van der Waals surface area contributed by atoms with Gasteiger partial charge in [-0.05, 0) is 57.5 Å². The number of amides is 1. The number of likely N-dealkylation sites (N-methyl/N-ethyl adjacent to an activating group) is 1. The van der Waals surface area contributed by atoms with E-state index in [4.69, 9.17) is 4.52 Å². The van der Waals surface area contributed by atoms with Crippen molar-refractivity contribution in [1.82, 2.24) is 19.9 Å². The zero-order valence-electron chi connectivity index (χ0n) is 15.5. The van der Waals surface area contributed by atoms with Crippen molar-refractivity contribution >= 4 is 5.91 Å². The molecule has 1 amide bonds. The van der Waals surface area contributed by atoms with Crippen molar-refractivity contribution < 1.29 is 13.7 Å². The molecule has 1 saturated heterocycles. The van der Waals surface area contributed by atoms with Gasteiger partial charge in [-0.25, -0.2) is 4.39 Å². The summed E-state index contributed by atoms with van der Waals surface area (Å²) >= 11 is 0. The summed E-state index contributed by atoms with van der Waals surface area (Å²) < 4.78 is 18.8. The van der Waals surface area contributed by atoms with Crippen LogP contribution < -0.4 is 0 Å². The zero-order valence-corrected chi connectivity index (χ0v) is 15.5. The molecule has 1 atom stereocenters. The van der Waals surface area contributed by atoms with E-state index in [1.807, 2.05) is 30.8 Å². The molecule has 7 heteroatoms. The number of benzene rings is 1. The first kappa shape index (κ1) is 18.5. The Labute approximate surface area is 153 Å². The van der Waals surface area contributed by atoms with E-state index < -0.39 is 6.04 Å². The standard InChI is InChI=1S/C19H25FN4O2/c1-13-21-17(26-22-13)11-14-7-9-24(10-8-14)19(25)18(23(2)3)15-5-4-6-16(20)12-15/h4-6,12,14,18H,7-11H2,1-3H3/t18-/m0/s1. The lowest BCUT2D eigenvalue weighted by molar-refractivity contribution is -0.137. The van der Waals surface area contributed by atoms with Gasteiger partial charge in [0.2, 0.25) is 11.8 Å². The first-order chi connectivity index (χ1) is 12.4. The lowest BCUT2D eigenvalue weighted by Gasteiger charge is -2.35. The monoisotopic (exact) mass is 360 g/mol. The molecule has 140 valence electrons. The third kappa shape index (κ3) is 4.27. The van der Waals surface area contributed by atoms with Crippen molar-refractivity contribution in [1.29, 1.82) is 0 Å². The van der Waals surface area contributed by atoms with Crippen LogP contribution in [-0.4, -0.2) is 53.0 Å². The molecule has 0 bridgehead atoms. The Bertz CT molecular complexity index is 754. The van der Waals surface area contributed by atoms with E-state index in [0.717, 1.165) is 19.3 Å². The van der Waals surface area contributed by atoms with Crippen LogP contribution in [0.1, 0.15) is 36.2 Å². The summed E-state index contributed by atoms with van der Waals surface area (Å²) in [6.07, 6.45) is 2.55. The second-order valence-electron chi connectivity index (χ2n) is 7.13. The van der Waals surface area contributed by atoms with Gasteiger partial charge in [0, 0.05) is 19.5 Å². The van der Waals surface area contributed by atoms with Crippen LogP contribution in [0.3, 0.4) is 0 Å². The van der Waals surface area contributed by atoms with Crippen LogP contribution in [0.25, 0.3) is 0 Å². The SMILES string of the molecule is Cc1noc(CC2CCN(C(=O)[C@H](c3cccc(F)c3)N(C)C)CC2)n1. The number of halogens is 1. The topological polar surface area (TPSA) is 62.5 Å². The highest BCUT2D eigenvalue weighted by Crippen LogP contribution is 2.26. The molecule has 0 saturated carbocycles. The molecule has 3 rings (SSSR count). The predicted octanol–water partition coefficient (Wildman–Crippen LogP) is 2.60. The average molecular weight is 360 g/mol. The highest BCUT2D eigenvalue weighted by molar-refractivity contribution is 5.83. The van der Waals surface area contributed by atoms with E-state index in [9.17, 15) is 9.18 Å². The minimum Gasteiger partial charge on any atom is -0.341 e. The molecule has 1 aromatic carbocycles. The molecule has 0 unspecified atom stereocenters. The van der Waals surface area contributed by atoms with Gasteiger partial charge >= 0.3 is 0 Å². The smallest absolute Gasteiger partial charge is 0.244 e. The van der Waals surface area contributed by atoms with Gasteiger partial charge in [-0.1, -0.05) is 17.3 Å². The van der Waals surface area contributed by atoms with Gasteiger partial charge in [-0.15, -0.1) is 0 Å². The molecule has 26 heavy (non-hydrogen) atoms. The second kappa shape index (κ2) is 7.95. The summed E-state index contributed by atoms with van der Waals surface area (Å²) in [6, 6.07) is 5.81. The van der Waals surface area contributed by atoms with Crippen LogP contribution in [0.5, 0.6) is 0 Å². The van der Waals surface area contributed by atoms with Gasteiger partial charge in [0.05, 0.1) is 0 Å². The number of hydrogen-bond donors (Lipinski definition) is 0. The van der Waals surface area contributed by atoms with Crippen molar-refractivity contribution in [2.75, 3.05) is 27.2 Å². The second-order valence-corrected chi connectivity index (χ2v) is 7.13. The van der Waals surface area contributed by atoms with Gasteiger partial charge in [-0.2, -0.15) is 4.98 Å². The Morgan fingerprint density at radius 1 is 1.38 bits per heavy atom. The molecule has 1 aromatic heterocycles. The maximum absolute atomic E-state index is 13.6. The number of aryl methyl sites for hydroxylation is 1. The van der Waals surface area contributed by atoms with Crippen LogP contribution in [0.2, 0.25) is 0 Å². The van der Waals surface area contributed by atoms with Gasteiger partial charge in [0.1, 0.15) is 11.9 Å². The molecular formula is C19H25FN4O2. The van der Waals surface area contributed by atoms with Crippen LogP contribution in [0.4, 0.5) is 4.39 Å². The fraction of sp³-hybridized carbons (Fsp3) is 0.526. The molecule has 0 radical (unpaired) electrons. The maximum Gasteiger partial charge on any atom is 0.244 e. The largest absolute Gasteiger partial charge is 0.341 e. The molecule has 1 aliphatic heterocycles. The number of hydrogen-bond acceptors (Lipinski definition) is 5. The lowest BCUT2D eigenvalue weighted by Crippen LogP contribution is -2.44. The summed E-state index contributed by atoms with van der Waals surface area (Å²) in [5.74, 6) is 1.45. The van der Waals surface area contributed by atoms with E-state index in [1.165, 1.54) is 12.1 Å². The van der Waals surface area contributed by atoms with Gasteiger partial charge < -0.3 is 9.42 Å². The van der Waals surface area contributed by atoms with E-state index in [1.54, 1.807) is 12.1 Å². The third-order valence-electron chi connectivity index (χ3n) is 4.87. The highest BCUT2D eigenvalue weighted by Gasteiger charge is 2.31. The molecule has 2 heterocycles. The van der Waals surface area contributed by atoms with Crippen molar-refractivity contribution in [3.63, 3.8) is 0 Å². The summed E-state index contributed by atoms with van der Waals surface area (Å²) in [5, 5.41) is 3.82. The maximum atomic E-state index is 13.6. The quantitative estimate of drug-likeness (QED) is 0.820. The van der Waals surface area contributed by atoms with E-state index in [0.29, 0.717) is 36.3 Å². The third-order valence-corrected chi connectivity index (χ3v) is 4.87. The molecule has 0 spiro atoms. The zero-order chi connectivity index (χ0) is 18.7. The molecule has 1 fully saturated rings. The average Bonchev–Trinajstić information content (AvgIpc) is 3.00. The number of carbonyl (C=O) groups is 1. The summed E-state index contributed by atoms with van der Waals surface area (Å²) in [5.41, 5.74) is 0.684. The Hall–Kier alpha value is -2.28. The first-order valence-corrected chi connectivity index (χ1v) is 8.94. The minimum atomic E-state index is -0.471. The van der Waals surface area contributed by atoms with Crippen molar-refractivity contribution in [3.05, 3.63) is 47.4 Å². The number of likely N-dealkylation sites (tertiary alicyclic amines) is 1. The Kier molecular flexibility index (Phi) is 5.66. The minimum absolute atomic E-state index is 0.0210.